The van der Waals surface area contributed by atoms with E-state index in [9.17, 15) is 0 Å². The molecular formula is H8MgO4PbTi. The molecule has 0 unspecified atom stereocenters. The van der Waals surface area contributed by atoms with Crippen molar-refractivity contribution in [2.45, 2.75) is 0 Å². The molecule has 0 aliphatic carbocycles. The molecule has 0 rings (SSSR count). The van der Waals surface area contributed by atoms with Gasteiger partial charge in [0, 0.05) is 0 Å². The fourth-order valence-corrected chi connectivity index (χ4v) is 0. The Labute approximate surface area is 82.1 Å². The van der Waals surface area contributed by atoms with Crippen molar-refractivity contribution in [3.8, 4) is 0 Å². The predicted molar refractivity (Wildman–Crippen MR) is 26.0 cm³/mol. The number of hydrogen-bond acceptors (Lipinski definition) is 4. The standard InChI is InChI=1S/Mg.4H2O.Pb.Ti.4H/h;4*1H2;;;;;;/q;;;;;;+4;;;;/p-4. The van der Waals surface area contributed by atoms with Gasteiger partial charge in [-0.1, -0.05) is 0 Å². The first kappa shape index (κ1) is 16.1. The molecular weight excluding hydrogens is 343 g/mol. The second kappa shape index (κ2) is 6.36. The van der Waals surface area contributed by atoms with Gasteiger partial charge in [-0.25, -0.2) is 0 Å². The Morgan fingerprint density at radius 2 is 0.857 bits per heavy atom. The zero-order valence-corrected chi connectivity index (χ0v) is 10.1. The third-order valence-corrected chi connectivity index (χ3v) is 0. The van der Waals surface area contributed by atoms with Gasteiger partial charge in [0.25, 0.3) is 0 Å². The van der Waals surface area contributed by atoms with Gasteiger partial charge in [0.05, 0.1) is 0 Å². The minimum atomic E-state index is -5.00. The Hall–Kier alpha value is 2.24. The van der Waals surface area contributed by atoms with E-state index in [2.05, 4.69) is 0 Å². The van der Waals surface area contributed by atoms with E-state index in [4.69, 9.17) is 14.8 Å². The van der Waals surface area contributed by atoms with Gasteiger partial charge in [-0.3, -0.25) is 0 Å². The summed E-state index contributed by atoms with van der Waals surface area (Å²) in [6.07, 6.45) is 0. The van der Waals surface area contributed by atoms with Gasteiger partial charge >= 0.3 is 83.2 Å². The average Bonchev–Trinajstić information content (AvgIpc) is 0.722. The van der Waals surface area contributed by atoms with Crippen LogP contribution in [0.25, 0.3) is 0 Å². The maximum absolute atomic E-state index is 7.38. The first-order valence-corrected chi connectivity index (χ1v) is 3.69. The predicted octanol–water partition coefficient (Wildman–Crippen LogP) is -4.06. The van der Waals surface area contributed by atoms with Crippen LogP contribution in [0.1, 0.15) is 0 Å². The molecule has 0 fully saturated rings. The zero-order valence-electron chi connectivity index (χ0n) is 3.00. The molecule has 4 N–H and O–H groups in total. The Morgan fingerprint density at radius 3 is 0.857 bits per heavy atom. The van der Waals surface area contributed by atoms with Crippen LogP contribution in [-0.4, -0.2) is 65.1 Å². The molecule has 0 heterocycles. The Morgan fingerprint density at radius 1 is 0.857 bits per heavy atom. The van der Waals surface area contributed by atoms with E-state index in [1.165, 1.54) is 0 Å². The Balaban J connectivity index is -0.0000000800. The SMILES string of the molecule is [MgH2].[OH][Ti]([OH])([OH])[OH].[PbH2]. The molecule has 7 heavy (non-hydrogen) atoms. The van der Waals surface area contributed by atoms with E-state index in [0.29, 0.717) is 0 Å². The van der Waals surface area contributed by atoms with E-state index >= 15 is 0 Å². The summed E-state index contributed by atoms with van der Waals surface area (Å²) < 4.78 is 29.5. The molecule has 0 bridgehead atoms. The summed E-state index contributed by atoms with van der Waals surface area (Å²) in [5.41, 5.74) is 0. The van der Waals surface area contributed by atoms with Gasteiger partial charge in [-0.05, 0) is 0 Å². The van der Waals surface area contributed by atoms with Crippen molar-refractivity contribution in [2.24, 2.45) is 0 Å². The van der Waals surface area contributed by atoms with Crippen molar-refractivity contribution < 1.29 is 32.9 Å². The van der Waals surface area contributed by atoms with Crippen molar-refractivity contribution in [3.05, 3.63) is 0 Å². The summed E-state index contributed by atoms with van der Waals surface area (Å²) in [6.45, 7) is 0. The van der Waals surface area contributed by atoms with Gasteiger partial charge in [0.15, 0.2) is 0 Å². The fraction of sp³-hybridized carbons (Fsp3) is 0. The Bertz CT molecular complexity index is 27.2. The zero-order chi connectivity index (χ0) is 4.50. The second-order valence-corrected chi connectivity index (χ2v) is 2.47. The molecule has 42 valence electrons. The molecule has 0 atom stereocenters. The van der Waals surface area contributed by atoms with Crippen LogP contribution in [0.15, 0.2) is 0 Å². The molecule has 0 aromatic rings. The molecule has 7 heteroatoms. The molecule has 0 aromatic carbocycles. The van der Waals surface area contributed by atoms with Gasteiger partial charge in [-0.2, -0.15) is 0 Å². The molecule has 2 radical (unpaired) electrons. The molecule has 4 nitrogen and oxygen atoms in total. The van der Waals surface area contributed by atoms with Gasteiger partial charge in [0.1, 0.15) is 0 Å². The van der Waals surface area contributed by atoms with Crippen molar-refractivity contribution >= 4 is 50.4 Å². The Kier molecular flexibility index (Phi) is 14.6. The van der Waals surface area contributed by atoms with Crippen LogP contribution in [0.4, 0.5) is 0 Å². The molecule has 0 aliphatic heterocycles. The van der Waals surface area contributed by atoms with Crippen molar-refractivity contribution in [1.29, 1.82) is 0 Å². The first-order valence-electron chi connectivity index (χ1n) is 0.894. The molecule has 0 amide bonds. The number of rotatable bonds is 0. The topological polar surface area (TPSA) is 80.9 Å². The first-order chi connectivity index (χ1) is 2.00. The monoisotopic (exact) mass is 352 g/mol. The third kappa shape index (κ3) is 63.9. The van der Waals surface area contributed by atoms with E-state index in [1.807, 2.05) is 0 Å². The van der Waals surface area contributed by atoms with Crippen LogP contribution < -0.4 is 0 Å². The van der Waals surface area contributed by atoms with E-state index in [0.717, 1.165) is 0 Å². The van der Waals surface area contributed by atoms with Crippen molar-refractivity contribution in [1.82, 2.24) is 0 Å². The van der Waals surface area contributed by atoms with Crippen molar-refractivity contribution in [3.63, 3.8) is 0 Å². The van der Waals surface area contributed by atoms with Crippen LogP contribution in [0.2, 0.25) is 0 Å². The average molecular weight is 351 g/mol. The van der Waals surface area contributed by atoms with E-state index in [1.54, 1.807) is 0 Å². The second-order valence-electron chi connectivity index (χ2n) is 0.600. The maximum atomic E-state index is 7.38. The van der Waals surface area contributed by atoms with Crippen molar-refractivity contribution in [2.75, 3.05) is 0 Å². The van der Waals surface area contributed by atoms with Crippen LogP contribution in [-0.2, 0) is 18.1 Å². The molecule has 0 aromatic heterocycles. The van der Waals surface area contributed by atoms with Gasteiger partial charge in [0.2, 0.25) is 0 Å². The minimum absolute atomic E-state index is 0. The van der Waals surface area contributed by atoms with E-state index < -0.39 is 18.1 Å². The summed E-state index contributed by atoms with van der Waals surface area (Å²) in [5, 5.41) is 0. The van der Waals surface area contributed by atoms with Crippen LogP contribution in [0, 0.1) is 0 Å². The van der Waals surface area contributed by atoms with E-state index in [-0.39, 0.29) is 50.4 Å². The molecule has 0 saturated heterocycles. The molecule has 0 spiro atoms. The van der Waals surface area contributed by atoms with Gasteiger partial charge in [-0.15, -0.1) is 0 Å². The quantitative estimate of drug-likeness (QED) is 0.335. The van der Waals surface area contributed by atoms with Crippen LogP contribution in [0.3, 0.4) is 0 Å². The van der Waals surface area contributed by atoms with Crippen LogP contribution >= 0.6 is 0 Å². The number of hydrogen-bond donors (Lipinski definition) is 4. The van der Waals surface area contributed by atoms with Crippen LogP contribution in [0.5, 0.6) is 0 Å². The summed E-state index contributed by atoms with van der Waals surface area (Å²) in [7, 11) is 0. The summed E-state index contributed by atoms with van der Waals surface area (Å²) in [5.74, 6) is 0. The normalized spacial score (nSPS) is 8.57. The fourth-order valence-electron chi connectivity index (χ4n) is 0. The summed E-state index contributed by atoms with van der Waals surface area (Å²) in [4.78, 5) is 0. The van der Waals surface area contributed by atoms with Gasteiger partial charge < -0.3 is 0 Å². The molecule has 0 aliphatic rings. The summed E-state index contributed by atoms with van der Waals surface area (Å²) in [6, 6.07) is 0. The summed E-state index contributed by atoms with van der Waals surface area (Å²) >= 11 is -5.00. The third-order valence-electron chi connectivity index (χ3n) is 0. The molecule has 0 saturated carbocycles.